The fourth-order valence-electron chi connectivity index (χ4n) is 6.71. The van der Waals surface area contributed by atoms with E-state index in [1.807, 2.05) is 27.2 Å². The van der Waals surface area contributed by atoms with Crippen LogP contribution in [0.5, 0.6) is 0 Å². The van der Waals surface area contributed by atoms with Crippen molar-refractivity contribution in [2.24, 2.45) is 0 Å². The Morgan fingerprint density at radius 2 is 0.902 bits per heavy atom. The van der Waals surface area contributed by atoms with Gasteiger partial charge in [-0.2, -0.15) is 0 Å². The van der Waals surface area contributed by atoms with Gasteiger partial charge in [-0.05, 0) is 51.4 Å². The minimum Gasteiger partial charge on any atom is -0.756 e. The Hall–Kier alpha value is -2.03. The fraction of sp³-hybridized carbons (Fsp3) is 0.804. The number of hydrogen-bond acceptors (Lipinski definition) is 8. The Balaban J connectivity index is 4.33. The van der Waals surface area contributed by atoms with Crippen LogP contribution in [-0.4, -0.2) is 70.0 Å². The van der Waals surface area contributed by atoms with E-state index >= 15 is 0 Å². The normalized spacial score (nSPS) is 13.9. The van der Waals surface area contributed by atoms with Crippen LogP contribution in [0.2, 0.25) is 0 Å². The average molecular weight is 880 g/mol. The van der Waals surface area contributed by atoms with E-state index in [0.717, 1.165) is 38.5 Å². The standard InChI is InChI=1S/C51H94NO8P/c1-6-8-10-12-14-16-18-20-22-24-25-26-28-29-31-33-35-37-39-41-43-50(53)57-47-49(48-59-61(55,56)58-46-45-52(3,4)5)60-51(54)44-42-40-38-36-34-32-30-27-23-21-19-17-15-13-11-9-7-2/h15,17,21,23,30,32,36,38,49H,6-14,16,18-20,22,24-29,31,33-35,37,39-48H2,1-5H3/b17-15+,23-21+,32-30+,38-36+/t49-/m1/s1. The van der Waals surface area contributed by atoms with Gasteiger partial charge in [-0.1, -0.05) is 197 Å². The number of likely N-dealkylation sites (N-methyl/N-ethyl adjacent to an activating group) is 1. The molecule has 356 valence electrons. The molecule has 0 saturated carbocycles. The van der Waals surface area contributed by atoms with Crippen molar-refractivity contribution in [3.8, 4) is 0 Å². The summed E-state index contributed by atoms with van der Waals surface area (Å²) in [6.45, 7) is 4.16. The van der Waals surface area contributed by atoms with Crippen LogP contribution < -0.4 is 4.89 Å². The van der Waals surface area contributed by atoms with Gasteiger partial charge in [0.25, 0.3) is 7.82 Å². The largest absolute Gasteiger partial charge is 0.756 e. The molecular weight excluding hydrogens is 786 g/mol. The first-order chi connectivity index (χ1) is 29.5. The molecule has 0 aromatic carbocycles. The first-order valence-corrected chi connectivity index (χ1v) is 26.3. The lowest BCUT2D eigenvalue weighted by molar-refractivity contribution is -0.870. The molecule has 2 atom stereocenters. The Morgan fingerprint density at radius 3 is 1.36 bits per heavy atom. The van der Waals surface area contributed by atoms with Crippen LogP contribution in [0, 0.1) is 0 Å². The average Bonchev–Trinajstić information content (AvgIpc) is 3.21. The molecule has 0 aliphatic carbocycles. The Bertz CT molecular complexity index is 1180. The van der Waals surface area contributed by atoms with Gasteiger partial charge in [0.2, 0.25) is 0 Å². The molecule has 0 amide bonds. The monoisotopic (exact) mass is 880 g/mol. The summed E-state index contributed by atoms with van der Waals surface area (Å²) in [4.78, 5) is 37.6. The van der Waals surface area contributed by atoms with Crippen LogP contribution in [0.25, 0.3) is 0 Å². The van der Waals surface area contributed by atoms with Gasteiger partial charge in [0.15, 0.2) is 6.10 Å². The number of unbranched alkanes of at least 4 members (excludes halogenated alkanes) is 23. The second kappa shape index (κ2) is 43.2. The molecule has 0 radical (unpaired) electrons. The fourth-order valence-corrected chi connectivity index (χ4v) is 7.44. The van der Waals surface area contributed by atoms with Gasteiger partial charge in [-0.15, -0.1) is 0 Å². The van der Waals surface area contributed by atoms with Crippen molar-refractivity contribution in [2.45, 2.75) is 219 Å². The lowest BCUT2D eigenvalue weighted by Gasteiger charge is -2.28. The number of carbonyl (C=O) groups is 2. The highest BCUT2D eigenvalue weighted by Crippen LogP contribution is 2.38. The summed E-state index contributed by atoms with van der Waals surface area (Å²) in [6, 6.07) is 0. The highest BCUT2D eigenvalue weighted by Gasteiger charge is 2.21. The van der Waals surface area contributed by atoms with Crippen molar-refractivity contribution >= 4 is 19.8 Å². The molecule has 9 nitrogen and oxygen atoms in total. The summed E-state index contributed by atoms with van der Waals surface area (Å²) < 4.78 is 33.9. The zero-order chi connectivity index (χ0) is 45.0. The molecule has 0 saturated heterocycles. The summed E-state index contributed by atoms with van der Waals surface area (Å²) in [6.07, 6.45) is 51.5. The lowest BCUT2D eigenvalue weighted by Crippen LogP contribution is -2.37. The van der Waals surface area contributed by atoms with Crippen LogP contribution in [0.15, 0.2) is 48.6 Å². The third-order valence-electron chi connectivity index (χ3n) is 10.6. The molecule has 0 rings (SSSR count). The minimum atomic E-state index is -4.64. The van der Waals surface area contributed by atoms with E-state index in [0.29, 0.717) is 23.9 Å². The second-order valence-corrected chi connectivity index (χ2v) is 19.2. The van der Waals surface area contributed by atoms with Gasteiger partial charge in [0.1, 0.15) is 19.8 Å². The van der Waals surface area contributed by atoms with Crippen LogP contribution in [0.3, 0.4) is 0 Å². The van der Waals surface area contributed by atoms with Crippen molar-refractivity contribution in [2.75, 3.05) is 47.5 Å². The molecule has 0 fully saturated rings. The van der Waals surface area contributed by atoms with E-state index in [1.165, 1.54) is 135 Å². The molecule has 1 unspecified atom stereocenters. The first-order valence-electron chi connectivity index (χ1n) is 24.8. The number of nitrogens with zero attached hydrogens (tertiary/aromatic N) is 1. The van der Waals surface area contributed by atoms with Crippen molar-refractivity contribution in [3.05, 3.63) is 48.6 Å². The maximum absolute atomic E-state index is 12.7. The van der Waals surface area contributed by atoms with E-state index in [1.54, 1.807) is 0 Å². The van der Waals surface area contributed by atoms with Crippen molar-refractivity contribution in [1.29, 1.82) is 0 Å². The van der Waals surface area contributed by atoms with E-state index in [4.69, 9.17) is 18.5 Å². The van der Waals surface area contributed by atoms with Crippen molar-refractivity contribution in [3.63, 3.8) is 0 Å². The number of quaternary nitrogens is 1. The molecule has 0 aromatic rings. The van der Waals surface area contributed by atoms with E-state index in [2.05, 4.69) is 56.4 Å². The van der Waals surface area contributed by atoms with Gasteiger partial charge < -0.3 is 27.9 Å². The zero-order valence-corrected chi connectivity index (χ0v) is 41.0. The molecular formula is C51H94NO8P. The number of allylic oxidation sites excluding steroid dienone is 8. The SMILES string of the molecule is CCCCC/C=C/C/C=C/C/C=C/C/C=C/CCCC(=O)O[C@H](COC(=O)CCCCCCCCCCCCCCCCCCCCCC)COP(=O)([O-])OCC[N+](C)(C)C. The lowest BCUT2D eigenvalue weighted by atomic mass is 10.0. The predicted molar refractivity (Wildman–Crippen MR) is 254 cm³/mol. The third kappa shape index (κ3) is 47.3. The minimum absolute atomic E-state index is 0.0410. The molecule has 0 aliphatic heterocycles. The predicted octanol–water partition coefficient (Wildman–Crippen LogP) is 14.0. The van der Waals surface area contributed by atoms with Crippen molar-refractivity contribution < 1.29 is 42.1 Å². The van der Waals surface area contributed by atoms with Gasteiger partial charge in [0.05, 0.1) is 27.7 Å². The third-order valence-corrected chi connectivity index (χ3v) is 11.6. The Morgan fingerprint density at radius 1 is 0.508 bits per heavy atom. The number of rotatable bonds is 45. The van der Waals surface area contributed by atoms with Gasteiger partial charge in [-0.3, -0.25) is 14.2 Å². The molecule has 0 N–H and O–H groups in total. The van der Waals surface area contributed by atoms with Crippen LogP contribution in [-0.2, 0) is 32.7 Å². The molecule has 0 heterocycles. The molecule has 0 spiro atoms. The van der Waals surface area contributed by atoms with E-state index < -0.39 is 32.5 Å². The van der Waals surface area contributed by atoms with Gasteiger partial charge >= 0.3 is 11.9 Å². The van der Waals surface area contributed by atoms with Gasteiger partial charge in [-0.25, -0.2) is 0 Å². The molecule has 10 heteroatoms. The number of carbonyl (C=O) groups excluding carboxylic acids is 2. The van der Waals surface area contributed by atoms with E-state index in [9.17, 15) is 19.0 Å². The van der Waals surface area contributed by atoms with Crippen LogP contribution >= 0.6 is 7.82 Å². The topological polar surface area (TPSA) is 111 Å². The zero-order valence-electron chi connectivity index (χ0n) is 40.1. The van der Waals surface area contributed by atoms with E-state index in [-0.39, 0.29) is 26.1 Å². The smallest absolute Gasteiger partial charge is 0.306 e. The summed E-state index contributed by atoms with van der Waals surface area (Å²) in [7, 11) is 1.13. The summed E-state index contributed by atoms with van der Waals surface area (Å²) in [5, 5.41) is 0. The summed E-state index contributed by atoms with van der Waals surface area (Å²) >= 11 is 0. The number of esters is 2. The highest BCUT2D eigenvalue weighted by atomic mass is 31.2. The number of phosphoric acid groups is 1. The number of phosphoric ester groups is 1. The molecule has 61 heavy (non-hydrogen) atoms. The number of ether oxygens (including phenoxy) is 2. The maximum atomic E-state index is 12.7. The summed E-state index contributed by atoms with van der Waals surface area (Å²) in [5.74, 6) is -0.894. The Labute approximate surface area is 375 Å². The summed E-state index contributed by atoms with van der Waals surface area (Å²) in [5.41, 5.74) is 0. The van der Waals surface area contributed by atoms with Crippen LogP contribution in [0.1, 0.15) is 213 Å². The quantitative estimate of drug-likeness (QED) is 0.0195. The number of hydrogen-bond donors (Lipinski definition) is 0. The van der Waals surface area contributed by atoms with Crippen molar-refractivity contribution in [1.82, 2.24) is 0 Å². The Kier molecular flexibility index (Phi) is 41.8. The molecule has 0 bridgehead atoms. The first kappa shape index (κ1) is 59.0. The highest BCUT2D eigenvalue weighted by molar-refractivity contribution is 7.45. The van der Waals surface area contributed by atoms with Crippen LogP contribution in [0.4, 0.5) is 0 Å². The molecule has 0 aromatic heterocycles. The second-order valence-electron chi connectivity index (χ2n) is 17.8. The maximum Gasteiger partial charge on any atom is 0.306 e. The molecule has 0 aliphatic rings. The van der Waals surface area contributed by atoms with Gasteiger partial charge in [0, 0.05) is 12.8 Å².